The fourth-order valence-corrected chi connectivity index (χ4v) is 5.53. The number of carbonyl (C=O) groups excluding carboxylic acids is 2. The number of primary amides is 1. The Labute approximate surface area is 223 Å². The molecule has 3 N–H and O–H groups in total. The summed E-state index contributed by atoms with van der Waals surface area (Å²) in [7, 11) is 0. The van der Waals surface area contributed by atoms with Crippen LogP contribution < -0.4 is 11.1 Å². The van der Waals surface area contributed by atoms with Crippen LogP contribution in [-0.2, 0) is 23.7 Å². The molecule has 4 aromatic rings. The molecule has 1 fully saturated rings. The molecule has 206 valence electrons. The van der Waals surface area contributed by atoms with Gasteiger partial charge in [-0.1, -0.05) is 11.6 Å². The first-order chi connectivity index (χ1) is 18.3. The van der Waals surface area contributed by atoms with E-state index in [1.165, 1.54) is 18.4 Å². The molecule has 4 heterocycles. The van der Waals surface area contributed by atoms with Crippen LogP contribution in [0.2, 0.25) is 5.02 Å². The smallest absolute Gasteiger partial charge is 0.436 e. The van der Waals surface area contributed by atoms with Crippen LogP contribution in [0.3, 0.4) is 0 Å². The molecule has 0 aromatic carbocycles. The van der Waals surface area contributed by atoms with Crippen molar-refractivity contribution in [3.8, 4) is 11.3 Å². The summed E-state index contributed by atoms with van der Waals surface area (Å²) in [5, 5.41) is 5.52. The Hall–Kier alpha value is -3.59. The van der Waals surface area contributed by atoms with Crippen molar-refractivity contribution in [3.63, 3.8) is 0 Å². The van der Waals surface area contributed by atoms with E-state index < -0.39 is 47.0 Å². The van der Waals surface area contributed by atoms with Crippen LogP contribution in [0.4, 0.5) is 32.0 Å². The van der Waals surface area contributed by atoms with E-state index in [2.05, 4.69) is 15.4 Å². The summed E-state index contributed by atoms with van der Waals surface area (Å²) in [4.78, 5) is 28.2. The third kappa shape index (κ3) is 5.20. The van der Waals surface area contributed by atoms with Gasteiger partial charge in [0, 0.05) is 23.3 Å². The van der Waals surface area contributed by atoms with Crippen LogP contribution >= 0.6 is 22.9 Å². The molecule has 4 aromatic heterocycles. The van der Waals surface area contributed by atoms with Crippen molar-refractivity contribution in [1.29, 1.82) is 0 Å². The third-order valence-electron chi connectivity index (χ3n) is 5.94. The number of furan rings is 1. The predicted octanol–water partition coefficient (Wildman–Crippen LogP) is 6.45. The van der Waals surface area contributed by atoms with Gasteiger partial charge in [-0.15, -0.1) is 11.3 Å². The van der Waals surface area contributed by atoms with E-state index in [0.29, 0.717) is 24.2 Å². The van der Waals surface area contributed by atoms with Gasteiger partial charge in [-0.25, -0.2) is 4.98 Å². The average Bonchev–Trinajstić information content (AvgIpc) is 3.24. The number of anilines is 1. The molecule has 1 aliphatic carbocycles. The van der Waals surface area contributed by atoms with Gasteiger partial charge in [0.25, 0.3) is 5.91 Å². The van der Waals surface area contributed by atoms with Crippen LogP contribution in [-0.4, -0.2) is 26.6 Å². The third-order valence-corrected chi connectivity index (χ3v) is 7.41. The van der Waals surface area contributed by atoms with Crippen molar-refractivity contribution in [2.45, 2.75) is 44.1 Å². The van der Waals surface area contributed by atoms with Crippen molar-refractivity contribution in [2.24, 2.45) is 5.73 Å². The number of hydrogen-bond acceptors (Lipinski definition) is 6. The quantitative estimate of drug-likeness (QED) is 0.240. The zero-order valence-electron chi connectivity index (χ0n) is 19.4. The topological polar surface area (TPSA) is 116 Å². The van der Waals surface area contributed by atoms with E-state index in [1.807, 2.05) is 0 Å². The standard InChI is InChI=1S/C23H16ClF6N5O3S/c24-15-17(9-3-4-9)35(34-19(15)23(28,29)30)6-5-13(36)33-16-14-10(11-2-1-7-38-11)8-12(22(25,26)27)32-21(14)39-18(16)20(31)37/h1-2,7-9H,3-6H2,(H2,31,37)(H,33,36). The van der Waals surface area contributed by atoms with Crippen molar-refractivity contribution in [2.75, 3.05) is 5.32 Å². The van der Waals surface area contributed by atoms with E-state index in [0.717, 1.165) is 10.7 Å². The minimum absolute atomic E-state index is 0.00902. The molecule has 0 bridgehead atoms. The molecule has 0 atom stereocenters. The van der Waals surface area contributed by atoms with Gasteiger partial charge >= 0.3 is 12.4 Å². The van der Waals surface area contributed by atoms with E-state index >= 15 is 0 Å². The minimum atomic E-state index is -4.82. The molecular weight excluding hydrogens is 576 g/mol. The van der Waals surface area contributed by atoms with Crippen molar-refractivity contribution >= 4 is 50.7 Å². The van der Waals surface area contributed by atoms with Gasteiger partial charge in [0.1, 0.15) is 21.2 Å². The number of amides is 2. The number of carbonyl (C=O) groups is 2. The van der Waals surface area contributed by atoms with Gasteiger partial charge in [-0.3, -0.25) is 14.3 Å². The Morgan fingerprint density at radius 3 is 2.49 bits per heavy atom. The Kier molecular flexibility index (Phi) is 6.61. The lowest BCUT2D eigenvalue weighted by molar-refractivity contribution is -0.142. The van der Waals surface area contributed by atoms with Gasteiger partial charge in [0.05, 0.1) is 29.2 Å². The number of fused-ring (bicyclic) bond motifs is 1. The second kappa shape index (κ2) is 9.55. The van der Waals surface area contributed by atoms with Crippen LogP contribution in [0.1, 0.15) is 51.9 Å². The largest absolute Gasteiger partial charge is 0.464 e. The van der Waals surface area contributed by atoms with Gasteiger partial charge in [0.15, 0.2) is 5.69 Å². The van der Waals surface area contributed by atoms with Crippen LogP contribution in [0, 0.1) is 0 Å². The molecule has 2 amide bonds. The molecule has 16 heteroatoms. The lowest BCUT2D eigenvalue weighted by atomic mass is 10.1. The number of pyridine rings is 1. The van der Waals surface area contributed by atoms with E-state index in [9.17, 15) is 35.9 Å². The van der Waals surface area contributed by atoms with Gasteiger partial charge in [-0.05, 0) is 31.0 Å². The molecule has 8 nitrogen and oxygen atoms in total. The predicted molar refractivity (Wildman–Crippen MR) is 128 cm³/mol. The summed E-state index contributed by atoms with van der Waals surface area (Å²) in [5.41, 5.74) is 2.85. The summed E-state index contributed by atoms with van der Waals surface area (Å²) >= 11 is 6.51. The zero-order chi connectivity index (χ0) is 28.3. The summed E-state index contributed by atoms with van der Waals surface area (Å²) in [6.45, 7) is -0.275. The summed E-state index contributed by atoms with van der Waals surface area (Å²) in [6, 6.07) is 3.55. The Balaban J connectivity index is 1.50. The fraction of sp³-hybridized carbons (Fsp3) is 0.304. The van der Waals surface area contributed by atoms with E-state index in [1.54, 1.807) is 0 Å². The minimum Gasteiger partial charge on any atom is -0.464 e. The summed E-state index contributed by atoms with van der Waals surface area (Å²) in [5.74, 6) is -1.99. The molecule has 0 radical (unpaired) electrons. The van der Waals surface area contributed by atoms with E-state index in [4.69, 9.17) is 21.8 Å². The summed E-state index contributed by atoms with van der Waals surface area (Å²) < 4.78 is 86.9. The van der Waals surface area contributed by atoms with Gasteiger partial charge in [0.2, 0.25) is 5.91 Å². The number of halogens is 7. The number of aryl methyl sites for hydroxylation is 1. The van der Waals surface area contributed by atoms with Crippen LogP contribution in [0.5, 0.6) is 0 Å². The molecule has 0 aliphatic heterocycles. The van der Waals surface area contributed by atoms with E-state index in [-0.39, 0.29) is 50.3 Å². The first-order valence-electron chi connectivity index (χ1n) is 11.3. The number of nitrogens with two attached hydrogens (primary N) is 1. The maximum atomic E-state index is 13.5. The normalized spacial score (nSPS) is 14.2. The van der Waals surface area contributed by atoms with Crippen LogP contribution in [0.15, 0.2) is 28.9 Å². The Morgan fingerprint density at radius 1 is 1.21 bits per heavy atom. The van der Waals surface area contributed by atoms with Crippen molar-refractivity contribution in [3.05, 3.63) is 51.4 Å². The highest BCUT2D eigenvalue weighted by Gasteiger charge is 2.42. The molecule has 39 heavy (non-hydrogen) atoms. The molecule has 0 saturated heterocycles. The fourth-order valence-electron chi connectivity index (χ4n) is 4.12. The van der Waals surface area contributed by atoms with Crippen molar-refractivity contribution in [1.82, 2.24) is 14.8 Å². The molecule has 0 unspecified atom stereocenters. The monoisotopic (exact) mass is 591 g/mol. The molecule has 0 spiro atoms. The number of nitrogens with zero attached hydrogens (tertiary/aromatic N) is 3. The maximum Gasteiger partial charge on any atom is 0.436 e. The SMILES string of the molecule is NC(=O)c1sc2nc(C(F)(F)F)cc(-c3ccco3)c2c1NC(=O)CCn1nc(C(F)(F)F)c(Cl)c1C1CC1. The highest BCUT2D eigenvalue weighted by Crippen LogP contribution is 2.47. The number of rotatable bonds is 7. The first kappa shape index (κ1) is 27.0. The Bertz CT molecular complexity index is 1590. The number of alkyl halides is 6. The Morgan fingerprint density at radius 2 is 1.92 bits per heavy atom. The van der Waals surface area contributed by atoms with Crippen molar-refractivity contribution < 1.29 is 40.3 Å². The number of nitrogens with one attached hydrogen (secondary N) is 1. The maximum absolute atomic E-state index is 13.5. The number of thiophene rings is 1. The number of hydrogen-bond donors (Lipinski definition) is 2. The highest BCUT2D eigenvalue weighted by molar-refractivity contribution is 7.21. The molecule has 1 saturated carbocycles. The molecule has 1 aliphatic rings. The molecular formula is C23H16ClF6N5O3S. The first-order valence-corrected chi connectivity index (χ1v) is 12.5. The lowest BCUT2D eigenvalue weighted by Gasteiger charge is -2.11. The van der Waals surface area contributed by atoms with Crippen LogP contribution in [0.25, 0.3) is 21.5 Å². The average molecular weight is 592 g/mol. The lowest BCUT2D eigenvalue weighted by Crippen LogP contribution is -2.19. The highest BCUT2D eigenvalue weighted by atomic mass is 35.5. The zero-order valence-corrected chi connectivity index (χ0v) is 21.0. The van der Waals surface area contributed by atoms with Gasteiger partial charge < -0.3 is 15.5 Å². The second-order valence-corrected chi connectivity index (χ2v) is 10.1. The number of aromatic nitrogens is 3. The second-order valence-electron chi connectivity index (χ2n) is 8.72. The van der Waals surface area contributed by atoms with Gasteiger partial charge in [-0.2, -0.15) is 31.4 Å². The summed E-state index contributed by atoms with van der Waals surface area (Å²) in [6.07, 6.45) is -7.52. The molecule has 5 rings (SSSR count).